The van der Waals surface area contributed by atoms with Crippen LogP contribution in [-0.4, -0.2) is 53.1 Å². The van der Waals surface area contributed by atoms with Gasteiger partial charge in [-0.3, -0.25) is 4.99 Å². The Morgan fingerprint density at radius 1 is 1.24 bits per heavy atom. The topological polar surface area (TPSA) is 76.4 Å². The highest BCUT2D eigenvalue weighted by atomic mass is 16.5. The van der Waals surface area contributed by atoms with E-state index >= 15 is 0 Å². The number of hydrogen-bond donors (Lipinski definition) is 2. The van der Waals surface area contributed by atoms with Gasteiger partial charge in [-0.2, -0.15) is 0 Å². The molecule has 1 saturated carbocycles. The van der Waals surface area contributed by atoms with Crippen LogP contribution in [0.25, 0.3) is 0 Å². The fourth-order valence-corrected chi connectivity index (χ4v) is 4.33. The zero-order chi connectivity index (χ0) is 20.7. The minimum absolute atomic E-state index is 0.129. The van der Waals surface area contributed by atoms with Crippen LogP contribution in [0.5, 0.6) is 0 Å². The Morgan fingerprint density at radius 3 is 2.86 bits per heavy atom. The molecular weight excluding hydrogens is 364 g/mol. The maximum absolute atomic E-state index is 6.06. The van der Waals surface area contributed by atoms with Crippen LogP contribution >= 0.6 is 0 Å². The summed E-state index contributed by atoms with van der Waals surface area (Å²) >= 11 is 0. The first-order chi connectivity index (χ1) is 14.1. The summed E-state index contributed by atoms with van der Waals surface area (Å²) in [4.78, 5) is 4.41. The molecule has 7 nitrogen and oxygen atoms in total. The summed E-state index contributed by atoms with van der Waals surface area (Å²) in [6.45, 7) is 9.60. The van der Waals surface area contributed by atoms with Gasteiger partial charge < -0.3 is 19.9 Å². The van der Waals surface area contributed by atoms with Crippen molar-refractivity contribution in [2.45, 2.75) is 97.2 Å². The maximum atomic E-state index is 6.06. The summed E-state index contributed by atoms with van der Waals surface area (Å²) in [5.74, 6) is 3.19. The first-order valence-electron chi connectivity index (χ1n) is 11.6. The molecule has 1 aliphatic heterocycles. The van der Waals surface area contributed by atoms with E-state index in [1.165, 1.54) is 31.5 Å². The van der Waals surface area contributed by atoms with Crippen molar-refractivity contribution in [3.05, 3.63) is 11.6 Å². The number of aryl methyl sites for hydroxylation is 2. The summed E-state index contributed by atoms with van der Waals surface area (Å²) < 4.78 is 8.40. The van der Waals surface area contributed by atoms with E-state index in [1.54, 1.807) is 0 Å². The zero-order valence-corrected chi connectivity index (χ0v) is 18.8. The third-order valence-corrected chi connectivity index (χ3v) is 6.58. The number of hydrogen-bond acceptors (Lipinski definition) is 4. The Bertz CT molecular complexity index is 668. The molecule has 0 spiro atoms. The molecule has 2 N–H and O–H groups in total. The average Bonchev–Trinajstić information content (AvgIpc) is 2.94. The van der Waals surface area contributed by atoms with E-state index in [4.69, 9.17) is 4.74 Å². The van der Waals surface area contributed by atoms with Crippen molar-refractivity contribution in [2.24, 2.45) is 10.4 Å². The molecule has 1 aromatic rings. The number of unbranched alkanes of at least 4 members (excludes halogenated alkanes) is 1. The van der Waals surface area contributed by atoms with E-state index in [-0.39, 0.29) is 5.41 Å². The van der Waals surface area contributed by atoms with Crippen LogP contribution in [0.4, 0.5) is 0 Å². The third-order valence-electron chi connectivity index (χ3n) is 6.58. The molecule has 1 fully saturated rings. The van der Waals surface area contributed by atoms with Gasteiger partial charge in [0.2, 0.25) is 0 Å². The molecule has 2 heterocycles. The standard InChI is InChI=1S/C22H40N6O/c1-5-6-15-29-18-16-17(22(18,2)3)25-21(23-4)24-13-10-12-20-27-26-19-11-8-7-9-14-28(19)20/h17-18H,5-16H2,1-4H3,(H2,23,24,25). The van der Waals surface area contributed by atoms with Crippen molar-refractivity contribution in [3.63, 3.8) is 0 Å². The first kappa shape index (κ1) is 22.1. The van der Waals surface area contributed by atoms with E-state index in [0.717, 1.165) is 63.6 Å². The molecule has 1 aliphatic carbocycles. The Kier molecular flexibility index (Phi) is 7.92. The Morgan fingerprint density at radius 2 is 2.10 bits per heavy atom. The second kappa shape index (κ2) is 10.4. The summed E-state index contributed by atoms with van der Waals surface area (Å²) in [6, 6.07) is 0.396. The molecule has 0 aromatic carbocycles. The van der Waals surface area contributed by atoms with Crippen LogP contribution < -0.4 is 10.6 Å². The predicted molar refractivity (Wildman–Crippen MR) is 117 cm³/mol. The van der Waals surface area contributed by atoms with Gasteiger partial charge in [0, 0.05) is 51.0 Å². The van der Waals surface area contributed by atoms with Crippen molar-refractivity contribution in [2.75, 3.05) is 20.2 Å². The van der Waals surface area contributed by atoms with Gasteiger partial charge in [0.25, 0.3) is 0 Å². The second-order valence-corrected chi connectivity index (χ2v) is 9.06. The number of ether oxygens (including phenoxy) is 1. The highest BCUT2D eigenvalue weighted by molar-refractivity contribution is 5.80. The molecule has 7 heteroatoms. The minimum atomic E-state index is 0.129. The Balaban J connectivity index is 1.39. The van der Waals surface area contributed by atoms with Crippen LogP contribution in [0.15, 0.2) is 4.99 Å². The number of guanidine groups is 1. The van der Waals surface area contributed by atoms with E-state index in [0.29, 0.717) is 12.1 Å². The fourth-order valence-electron chi connectivity index (χ4n) is 4.33. The van der Waals surface area contributed by atoms with Crippen molar-refractivity contribution in [1.82, 2.24) is 25.4 Å². The lowest BCUT2D eigenvalue weighted by molar-refractivity contribution is -0.113. The smallest absolute Gasteiger partial charge is 0.191 e. The maximum Gasteiger partial charge on any atom is 0.191 e. The van der Waals surface area contributed by atoms with Crippen LogP contribution in [0.3, 0.4) is 0 Å². The monoisotopic (exact) mass is 404 g/mol. The quantitative estimate of drug-likeness (QED) is 0.376. The Labute approximate surface area is 176 Å². The van der Waals surface area contributed by atoms with Crippen LogP contribution in [0, 0.1) is 5.41 Å². The molecule has 2 unspecified atom stereocenters. The van der Waals surface area contributed by atoms with Gasteiger partial charge in [0.05, 0.1) is 6.10 Å². The molecule has 29 heavy (non-hydrogen) atoms. The van der Waals surface area contributed by atoms with Gasteiger partial charge in [-0.15, -0.1) is 10.2 Å². The minimum Gasteiger partial charge on any atom is -0.378 e. The highest BCUT2D eigenvalue weighted by Gasteiger charge is 2.49. The summed E-state index contributed by atoms with van der Waals surface area (Å²) in [5.41, 5.74) is 0.129. The Hall–Kier alpha value is -1.63. The van der Waals surface area contributed by atoms with Crippen molar-refractivity contribution in [3.8, 4) is 0 Å². The summed E-state index contributed by atoms with van der Waals surface area (Å²) in [6.07, 6.45) is 10.5. The van der Waals surface area contributed by atoms with Crippen molar-refractivity contribution < 1.29 is 4.74 Å². The molecule has 0 radical (unpaired) electrons. The largest absolute Gasteiger partial charge is 0.378 e. The number of nitrogens with zero attached hydrogens (tertiary/aromatic N) is 4. The molecule has 0 bridgehead atoms. The fraction of sp³-hybridized carbons (Fsp3) is 0.864. The number of fused-ring (bicyclic) bond motifs is 1. The van der Waals surface area contributed by atoms with Crippen LogP contribution in [-0.2, 0) is 24.1 Å². The second-order valence-electron chi connectivity index (χ2n) is 9.06. The number of rotatable bonds is 9. The zero-order valence-electron chi connectivity index (χ0n) is 18.8. The molecule has 0 amide bonds. The predicted octanol–water partition coefficient (Wildman–Crippen LogP) is 3.09. The summed E-state index contributed by atoms with van der Waals surface area (Å²) in [7, 11) is 1.84. The van der Waals surface area contributed by atoms with Crippen LogP contribution in [0.2, 0.25) is 0 Å². The molecule has 3 rings (SSSR count). The highest BCUT2D eigenvalue weighted by Crippen LogP contribution is 2.42. The van der Waals surface area contributed by atoms with Gasteiger partial charge in [0.15, 0.2) is 5.96 Å². The van der Waals surface area contributed by atoms with E-state index in [1.807, 2.05) is 7.05 Å². The first-order valence-corrected chi connectivity index (χ1v) is 11.6. The summed E-state index contributed by atoms with van der Waals surface area (Å²) in [5, 5.41) is 15.9. The van der Waals surface area contributed by atoms with Crippen molar-refractivity contribution >= 4 is 5.96 Å². The number of aliphatic imine (C=N–C) groups is 1. The van der Waals surface area contributed by atoms with Gasteiger partial charge in [0.1, 0.15) is 11.6 Å². The molecular formula is C22H40N6O. The van der Waals surface area contributed by atoms with Crippen molar-refractivity contribution in [1.29, 1.82) is 0 Å². The van der Waals surface area contributed by atoms with Gasteiger partial charge >= 0.3 is 0 Å². The molecule has 164 valence electrons. The lowest BCUT2D eigenvalue weighted by atomic mass is 9.64. The number of nitrogens with one attached hydrogen (secondary N) is 2. The van der Waals surface area contributed by atoms with E-state index < -0.39 is 0 Å². The average molecular weight is 405 g/mol. The molecule has 2 aliphatic rings. The molecule has 0 saturated heterocycles. The normalized spacial score (nSPS) is 23.8. The van der Waals surface area contributed by atoms with Gasteiger partial charge in [-0.1, -0.05) is 33.6 Å². The SMILES string of the molecule is CCCCOC1CC(NC(=NC)NCCCc2nnc3n2CCCCC3)C1(C)C. The lowest BCUT2D eigenvalue weighted by Crippen LogP contribution is -2.63. The third kappa shape index (κ3) is 5.50. The molecule has 1 aromatic heterocycles. The van der Waals surface area contributed by atoms with Crippen LogP contribution in [0.1, 0.15) is 77.4 Å². The molecule has 2 atom stereocenters. The lowest BCUT2D eigenvalue weighted by Gasteiger charge is -2.52. The van der Waals surface area contributed by atoms with E-state index in [2.05, 4.69) is 51.2 Å². The van der Waals surface area contributed by atoms with Gasteiger partial charge in [-0.05, 0) is 32.1 Å². The number of aromatic nitrogens is 3. The van der Waals surface area contributed by atoms with E-state index in [9.17, 15) is 0 Å². The van der Waals surface area contributed by atoms with Gasteiger partial charge in [-0.25, -0.2) is 0 Å².